The molecule has 0 bridgehead atoms. The van der Waals surface area contributed by atoms with Gasteiger partial charge in [0.1, 0.15) is 0 Å². The second kappa shape index (κ2) is 6.35. The summed E-state index contributed by atoms with van der Waals surface area (Å²) in [6, 6.07) is 10.1. The third-order valence-corrected chi connectivity index (χ3v) is 4.22. The monoisotopic (exact) mass is 327 g/mol. The van der Waals surface area contributed by atoms with Crippen molar-refractivity contribution >= 4 is 17.1 Å². The molecule has 7 heteroatoms. The van der Waals surface area contributed by atoms with Gasteiger partial charge in [-0.2, -0.15) is 4.98 Å². The van der Waals surface area contributed by atoms with Crippen LogP contribution in [0.2, 0.25) is 0 Å². The molecule has 3 rings (SSSR count). The summed E-state index contributed by atoms with van der Waals surface area (Å²) in [7, 11) is 3.42. The number of nitrogens with zero attached hydrogens (tertiary/aromatic N) is 4. The number of aryl methyl sites for hydroxylation is 2. The number of nitrogens with one attached hydrogen (secondary N) is 1. The van der Waals surface area contributed by atoms with Gasteiger partial charge in [-0.25, -0.2) is 4.79 Å². The highest BCUT2D eigenvalue weighted by Crippen LogP contribution is 2.13. The minimum atomic E-state index is -0.344. The van der Waals surface area contributed by atoms with Gasteiger partial charge < -0.3 is 9.88 Å². The molecule has 0 spiro atoms. The molecule has 0 unspecified atom stereocenters. The maximum atomic E-state index is 12.5. The van der Waals surface area contributed by atoms with Crippen LogP contribution in [0, 0.1) is 0 Å². The normalized spacial score (nSPS) is 11.1. The minimum Gasteiger partial charge on any atom is -0.355 e. The Balaban J connectivity index is 1.94. The van der Waals surface area contributed by atoms with Crippen LogP contribution in [0.5, 0.6) is 0 Å². The number of hydrogen-bond acceptors (Lipinski definition) is 4. The SMILES string of the molecule is CCn1c(=O)c2c(nc(NCCc3ccccc3)n2C)n(C)c1=O. The van der Waals surface area contributed by atoms with Crippen LogP contribution in [0.15, 0.2) is 39.9 Å². The average molecular weight is 327 g/mol. The Bertz CT molecular complexity index is 982. The van der Waals surface area contributed by atoms with E-state index in [0.29, 0.717) is 30.2 Å². The smallest absolute Gasteiger partial charge is 0.332 e. The molecule has 0 saturated carbocycles. The minimum absolute atomic E-state index is 0.304. The van der Waals surface area contributed by atoms with E-state index in [9.17, 15) is 9.59 Å². The molecular weight excluding hydrogens is 306 g/mol. The Morgan fingerprint density at radius 1 is 1.08 bits per heavy atom. The topological polar surface area (TPSA) is 73.8 Å². The Morgan fingerprint density at radius 3 is 2.46 bits per heavy atom. The number of anilines is 1. The largest absolute Gasteiger partial charge is 0.355 e. The number of rotatable bonds is 5. The van der Waals surface area contributed by atoms with Crippen molar-refractivity contribution in [1.82, 2.24) is 18.7 Å². The van der Waals surface area contributed by atoms with Gasteiger partial charge in [0.2, 0.25) is 5.95 Å². The predicted octanol–water partition coefficient (Wildman–Crippen LogP) is 1.11. The van der Waals surface area contributed by atoms with E-state index in [1.807, 2.05) is 18.2 Å². The fraction of sp³-hybridized carbons (Fsp3) is 0.353. The molecule has 0 fully saturated rings. The van der Waals surface area contributed by atoms with Crippen LogP contribution in [-0.2, 0) is 27.1 Å². The van der Waals surface area contributed by atoms with E-state index in [-0.39, 0.29) is 11.2 Å². The molecule has 1 aromatic carbocycles. The van der Waals surface area contributed by atoms with Crippen LogP contribution in [0.4, 0.5) is 5.95 Å². The molecule has 0 aliphatic carbocycles. The summed E-state index contributed by atoms with van der Waals surface area (Å²) < 4.78 is 4.36. The van der Waals surface area contributed by atoms with Gasteiger partial charge in [-0.1, -0.05) is 30.3 Å². The van der Waals surface area contributed by atoms with Crippen molar-refractivity contribution < 1.29 is 0 Å². The van der Waals surface area contributed by atoms with Crippen LogP contribution in [-0.4, -0.2) is 25.2 Å². The van der Waals surface area contributed by atoms with Gasteiger partial charge in [0.15, 0.2) is 11.2 Å². The molecule has 126 valence electrons. The third-order valence-electron chi connectivity index (χ3n) is 4.22. The lowest BCUT2D eigenvalue weighted by molar-refractivity contribution is 0.635. The summed E-state index contributed by atoms with van der Waals surface area (Å²) in [5.41, 5.74) is 1.41. The van der Waals surface area contributed by atoms with E-state index in [2.05, 4.69) is 22.4 Å². The number of imidazole rings is 1. The number of aromatic nitrogens is 4. The van der Waals surface area contributed by atoms with E-state index in [1.54, 1.807) is 25.6 Å². The first-order valence-corrected chi connectivity index (χ1v) is 7.98. The van der Waals surface area contributed by atoms with Gasteiger partial charge in [-0.15, -0.1) is 0 Å². The summed E-state index contributed by atoms with van der Waals surface area (Å²) >= 11 is 0. The maximum absolute atomic E-state index is 12.5. The first-order valence-electron chi connectivity index (χ1n) is 7.98. The molecule has 0 amide bonds. The molecule has 0 aliphatic rings. The van der Waals surface area contributed by atoms with E-state index in [0.717, 1.165) is 6.42 Å². The van der Waals surface area contributed by atoms with Gasteiger partial charge in [-0.05, 0) is 18.9 Å². The zero-order valence-electron chi connectivity index (χ0n) is 14.1. The highest BCUT2D eigenvalue weighted by molar-refractivity contribution is 5.74. The van der Waals surface area contributed by atoms with Gasteiger partial charge in [0, 0.05) is 27.2 Å². The van der Waals surface area contributed by atoms with E-state index < -0.39 is 0 Å². The maximum Gasteiger partial charge on any atom is 0.332 e. The number of fused-ring (bicyclic) bond motifs is 1. The van der Waals surface area contributed by atoms with Crippen molar-refractivity contribution in [1.29, 1.82) is 0 Å². The fourth-order valence-electron chi connectivity index (χ4n) is 2.84. The van der Waals surface area contributed by atoms with Crippen LogP contribution >= 0.6 is 0 Å². The van der Waals surface area contributed by atoms with Crippen molar-refractivity contribution in [3.05, 3.63) is 56.7 Å². The Morgan fingerprint density at radius 2 is 1.79 bits per heavy atom. The molecule has 0 atom stereocenters. The highest BCUT2D eigenvalue weighted by Gasteiger charge is 2.17. The quantitative estimate of drug-likeness (QED) is 0.762. The third kappa shape index (κ3) is 2.62. The highest BCUT2D eigenvalue weighted by atomic mass is 16.2. The predicted molar refractivity (Wildman–Crippen MR) is 94.5 cm³/mol. The van der Waals surface area contributed by atoms with Gasteiger partial charge in [-0.3, -0.25) is 13.9 Å². The summed E-state index contributed by atoms with van der Waals surface area (Å²) in [6.45, 7) is 2.81. The lowest BCUT2D eigenvalue weighted by Gasteiger charge is -2.07. The second-order valence-electron chi connectivity index (χ2n) is 5.72. The lowest BCUT2D eigenvalue weighted by atomic mass is 10.1. The van der Waals surface area contributed by atoms with Gasteiger partial charge in [0.25, 0.3) is 5.56 Å². The van der Waals surface area contributed by atoms with Crippen LogP contribution in [0.1, 0.15) is 12.5 Å². The van der Waals surface area contributed by atoms with E-state index >= 15 is 0 Å². The number of hydrogen-bond donors (Lipinski definition) is 1. The van der Waals surface area contributed by atoms with Gasteiger partial charge in [0.05, 0.1) is 0 Å². The van der Waals surface area contributed by atoms with Crippen molar-refractivity contribution in [3.8, 4) is 0 Å². The number of benzene rings is 1. The summed E-state index contributed by atoms with van der Waals surface area (Å²) in [5, 5.41) is 3.25. The molecule has 3 aromatic rings. The lowest BCUT2D eigenvalue weighted by Crippen LogP contribution is -2.39. The van der Waals surface area contributed by atoms with Crippen molar-refractivity contribution in [2.45, 2.75) is 19.9 Å². The van der Waals surface area contributed by atoms with Crippen molar-refractivity contribution in [3.63, 3.8) is 0 Å². The molecule has 1 N–H and O–H groups in total. The van der Waals surface area contributed by atoms with Crippen molar-refractivity contribution in [2.24, 2.45) is 14.1 Å². The van der Waals surface area contributed by atoms with E-state index in [1.165, 1.54) is 14.7 Å². The zero-order chi connectivity index (χ0) is 17.3. The van der Waals surface area contributed by atoms with Crippen LogP contribution in [0.25, 0.3) is 11.2 Å². The molecule has 24 heavy (non-hydrogen) atoms. The Labute approximate surface area is 139 Å². The molecular formula is C17H21N5O2. The van der Waals surface area contributed by atoms with Crippen LogP contribution in [0.3, 0.4) is 0 Å². The molecule has 0 aliphatic heterocycles. The summed E-state index contributed by atoms with van der Waals surface area (Å²) in [6.07, 6.45) is 0.849. The molecule has 2 heterocycles. The first-order chi connectivity index (χ1) is 11.5. The molecule has 2 aromatic heterocycles. The van der Waals surface area contributed by atoms with Crippen LogP contribution < -0.4 is 16.6 Å². The Hall–Kier alpha value is -2.83. The standard InChI is InChI=1S/C17H21N5O2/c1-4-22-15(23)13-14(21(3)17(22)24)19-16(20(13)2)18-11-10-12-8-6-5-7-9-12/h5-9H,4,10-11H2,1-3H3,(H,18,19). The first kappa shape index (κ1) is 16.0. The second-order valence-corrected chi connectivity index (χ2v) is 5.72. The zero-order valence-corrected chi connectivity index (χ0v) is 14.1. The van der Waals surface area contributed by atoms with E-state index in [4.69, 9.17) is 0 Å². The molecule has 0 radical (unpaired) electrons. The molecule has 0 saturated heterocycles. The fourth-order valence-corrected chi connectivity index (χ4v) is 2.84. The summed E-state index contributed by atoms with van der Waals surface area (Å²) in [5.74, 6) is 0.585. The molecule has 7 nitrogen and oxygen atoms in total. The Kier molecular flexibility index (Phi) is 4.24. The average Bonchev–Trinajstić information content (AvgIpc) is 2.92. The summed E-state index contributed by atoms with van der Waals surface area (Å²) in [4.78, 5) is 29.2. The van der Waals surface area contributed by atoms with Crippen molar-refractivity contribution in [2.75, 3.05) is 11.9 Å². The van der Waals surface area contributed by atoms with Gasteiger partial charge >= 0.3 is 5.69 Å².